The highest BCUT2D eigenvalue weighted by Crippen LogP contribution is 2.52. The van der Waals surface area contributed by atoms with Crippen molar-refractivity contribution in [1.82, 2.24) is 0 Å². The van der Waals surface area contributed by atoms with Gasteiger partial charge in [-0.05, 0) is 25.3 Å². The molecule has 3 atom stereocenters. The van der Waals surface area contributed by atoms with Crippen LogP contribution in [0.1, 0.15) is 33.6 Å². The zero-order valence-corrected chi connectivity index (χ0v) is 11.0. The molecule has 3 aliphatic rings. The maximum Gasteiger partial charge on any atom is 0.310 e. The predicted molar refractivity (Wildman–Crippen MR) is 66.7 cm³/mol. The molecular formula is C15H18O3. The van der Waals surface area contributed by atoms with Crippen molar-refractivity contribution in [3.63, 3.8) is 0 Å². The molecule has 0 bridgehead atoms. The SMILES string of the molecule is CC1=CCC[C@@H]2C(=O)O[C@H]3[C@@H]2C(=CC3(C)C)C1=O. The molecule has 0 aromatic rings. The normalized spacial score (nSPS) is 37.4. The lowest BCUT2D eigenvalue weighted by Gasteiger charge is -2.25. The van der Waals surface area contributed by atoms with Crippen molar-refractivity contribution in [2.24, 2.45) is 17.3 Å². The first kappa shape index (κ1) is 11.7. The number of ketones is 1. The Bertz CT molecular complexity index is 496. The summed E-state index contributed by atoms with van der Waals surface area (Å²) in [5, 5.41) is 0. The Kier molecular flexibility index (Phi) is 2.31. The van der Waals surface area contributed by atoms with Crippen molar-refractivity contribution < 1.29 is 14.3 Å². The average Bonchev–Trinajstić information content (AvgIpc) is 2.73. The van der Waals surface area contributed by atoms with Crippen molar-refractivity contribution in [3.05, 3.63) is 23.3 Å². The average molecular weight is 246 g/mol. The minimum absolute atomic E-state index is 0.0244. The second-order valence-corrected chi connectivity index (χ2v) is 6.20. The smallest absolute Gasteiger partial charge is 0.310 e. The zero-order valence-electron chi connectivity index (χ0n) is 11.0. The molecule has 3 nitrogen and oxygen atoms in total. The molecule has 1 fully saturated rings. The van der Waals surface area contributed by atoms with Gasteiger partial charge in [0.15, 0.2) is 5.78 Å². The molecule has 1 heterocycles. The van der Waals surface area contributed by atoms with Crippen molar-refractivity contribution in [2.45, 2.75) is 39.7 Å². The van der Waals surface area contributed by atoms with Crippen LogP contribution in [-0.2, 0) is 14.3 Å². The molecule has 3 rings (SSSR count). The van der Waals surface area contributed by atoms with Gasteiger partial charge in [0.2, 0.25) is 0 Å². The second kappa shape index (κ2) is 3.56. The van der Waals surface area contributed by atoms with Gasteiger partial charge in [-0.1, -0.05) is 26.0 Å². The quantitative estimate of drug-likeness (QED) is 0.616. The molecule has 0 spiro atoms. The number of esters is 1. The van der Waals surface area contributed by atoms with Gasteiger partial charge in [-0.2, -0.15) is 0 Å². The largest absolute Gasteiger partial charge is 0.461 e. The molecule has 2 aliphatic carbocycles. The number of carbonyl (C=O) groups is 2. The van der Waals surface area contributed by atoms with Gasteiger partial charge in [0.1, 0.15) is 6.10 Å². The van der Waals surface area contributed by atoms with Crippen LogP contribution in [0.15, 0.2) is 23.3 Å². The minimum Gasteiger partial charge on any atom is -0.461 e. The Hall–Kier alpha value is -1.38. The monoisotopic (exact) mass is 246 g/mol. The van der Waals surface area contributed by atoms with Crippen LogP contribution in [0.2, 0.25) is 0 Å². The fraction of sp³-hybridized carbons (Fsp3) is 0.600. The summed E-state index contributed by atoms with van der Waals surface area (Å²) < 4.78 is 5.54. The van der Waals surface area contributed by atoms with E-state index >= 15 is 0 Å². The third-order valence-electron chi connectivity index (χ3n) is 4.47. The molecule has 1 aliphatic heterocycles. The van der Waals surface area contributed by atoms with Crippen molar-refractivity contribution in [1.29, 1.82) is 0 Å². The van der Waals surface area contributed by atoms with Crippen LogP contribution in [0.25, 0.3) is 0 Å². The Balaban J connectivity index is 2.12. The van der Waals surface area contributed by atoms with Gasteiger partial charge < -0.3 is 4.74 Å². The lowest BCUT2D eigenvalue weighted by atomic mass is 9.77. The molecular weight excluding hydrogens is 228 g/mol. The van der Waals surface area contributed by atoms with E-state index < -0.39 is 0 Å². The molecule has 0 N–H and O–H groups in total. The van der Waals surface area contributed by atoms with Crippen LogP contribution >= 0.6 is 0 Å². The fourth-order valence-corrected chi connectivity index (χ4v) is 3.53. The summed E-state index contributed by atoms with van der Waals surface area (Å²) in [4.78, 5) is 24.3. The molecule has 0 aromatic heterocycles. The Labute approximate surface area is 107 Å². The van der Waals surface area contributed by atoms with Gasteiger partial charge in [0.25, 0.3) is 0 Å². The second-order valence-electron chi connectivity index (χ2n) is 6.20. The van der Waals surface area contributed by atoms with E-state index in [1.165, 1.54) is 0 Å². The number of hydrogen-bond acceptors (Lipinski definition) is 3. The standard InChI is InChI=1S/C15H18O3/c1-8-5-4-6-9-11-10(12(8)16)7-15(2,3)13(11)18-14(9)17/h5,7,9,11,13H,4,6H2,1-3H3/t9-,11-,13-/m0/s1. The van der Waals surface area contributed by atoms with Gasteiger partial charge in [-0.3, -0.25) is 9.59 Å². The van der Waals surface area contributed by atoms with Gasteiger partial charge in [-0.25, -0.2) is 0 Å². The Morgan fingerprint density at radius 3 is 2.78 bits per heavy atom. The number of Topliss-reactive ketones (excluding diaryl/α,β-unsaturated/α-hetero) is 1. The molecule has 1 saturated heterocycles. The first-order valence-corrected chi connectivity index (χ1v) is 6.56. The fourth-order valence-electron chi connectivity index (χ4n) is 3.53. The number of carbonyl (C=O) groups excluding carboxylic acids is 2. The number of allylic oxidation sites excluding steroid dienone is 2. The topological polar surface area (TPSA) is 43.4 Å². The number of ether oxygens (including phenoxy) is 1. The van der Waals surface area contributed by atoms with Gasteiger partial charge >= 0.3 is 5.97 Å². The molecule has 0 amide bonds. The van der Waals surface area contributed by atoms with E-state index in [9.17, 15) is 9.59 Å². The summed E-state index contributed by atoms with van der Waals surface area (Å²) in [7, 11) is 0. The molecule has 0 radical (unpaired) electrons. The van der Waals surface area contributed by atoms with Crippen molar-refractivity contribution in [3.8, 4) is 0 Å². The Morgan fingerprint density at radius 1 is 1.33 bits per heavy atom. The van der Waals surface area contributed by atoms with E-state index in [0.717, 1.165) is 24.0 Å². The van der Waals surface area contributed by atoms with E-state index in [2.05, 4.69) is 0 Å². The predicted octanol–water partition coefficient (Wildman–Crippen LogP) is 2.42. The van der Waals surface area contributed by atoms with Crippen LogP contribution in [0.3, 0.4) is 0 Å². The maximum absolute atomic E-state index is 12.4. The first-order chi connectivity index (χ1) is 8.42. The summed E-state index contributed by atoms with van der Waals surface area (Å²) in [6, 6.07) is 0. The van der Waals surface area contributed by atoms with E-state index in [1.807, 2.05) is 32.9 Å². The van der Waals surface area contributed by atoms with Crippen LogP contribution < -0.4 is 0 Å². The van der Waals surface area contributed by atoms with Crippen molar-refractivity contribution >= 4 is 11.8 Å². The molecule has 18 heavy (non-hydrogen) atoms. The summed E-state index contributed by atoms with van der Waals surface area (Å²) in [6.45, 7) is 5.94. The van der Waals surface area contributed by atoms with Crippen LogP contribution in [-0.4, -0.2) is 17.9 Å². The van der Waals surface area contributed by atoms with Crippen molar-refractivity contribution in [2.75, 3.05) is 0 Å². The lowest BCUT2D eigenvalue weighted by Crippen LogP contribution is -2.30. The van der Waals surface area contributed by atoms with Gasteiger partial charge in [0, 0.05) is 16.9 Å². The van der Waals surface area contributed by atoms with Crippen LogP contribution in [0.5, 0.6) is 0 Å². The summed E-state index contributed by atoms with van der Waals surface area (Å²) in [5.74, 6) is -0.178. The van der Waals surface area contributed by atoms with Gasteiger partial charge in [0.05, 0.1) is 5.92 Å². The summed E-state index contributed by atoms with van der Waals surface area (Å²) >= 11 is 0. The first-order valence-electron chi connectivity index (χ1n) is 6.56. The van der Waals surface area contributed by atoms with E-state index in [0.29, 0.717) is 0 Å². The van der Waals surface area contributed by atoms with E-state index in [-0.39, 0.29) is 35.1 Å². The molecule has 0 saturated carbocycles. The number of hydrogen-bond donors (Lipinski definition) is 0. The highest BCUT2D eigenvalue weighted by molar-refractivity contribution is 6.09. The highest BCUT2D eigenvalue weighted by Gasteiger charge is 2.56. The molecule has 3 heteroatoms. The maximum atomic E-state index is 12.4. The molecule has 0 aromatic carbocycles. The third-order valence-corrected chi connectivity index (χ3v) is 4.47. The van der Waals surface area contributed by atoms with Crippen LogP contribution in [0.4, 0.5) is 0 Å². The lowest BCUT2D eigenvalue weighted by molar-refractivity contribution is -0.146. The summed E-state index contributed by atoms with van der Waals surface area (Å²) in [5.41, 5.74) is 1.37. The van der Waals surface area contributed by atoms with Gasteiger partial charge in [-0.15, -0.1) is 0 Å². The Morgan fingerprint density at radius 2 is 2.06 bits per heavy atom. The highest BCUT2D eigenvalue weighted by atomic mass is 16.6. The summed E-state index contributed by atoms with van der Waals surface area (Å²) in [6.07, 6.45) is 5.39. The number of rotatable bonds is 0. The van der Waals surface area contributed by atoms with Crippen LogP contribution in [0, 0.1) is 17.3 Å². The molecule has 96 valence electrons. The van der Waals surface area contributed by atoms with E-state index in [4.69, 9.17) is 4.74 Å². The zero-order chi connectivity index (χ0) is 13.1. The third kappa shape index (κ3) is 1.43. The minimum atomic E-state index is -0.231. The van der Waals surface area contributed by atoms with E-state index in [1.54, 1.807) is 0 Å². The molecule has 0 unspecified atom stereocenters.